The molecule has 1 aliphatic heterocycles. The van der Waals surface area contributed by atoms with Crippen LogP contribution in [0.5, 0.6) is 0 Å². The maximum absolute atomic E-state index is 5.56. The van der Waals surface area contributed by atoms with E-state index in [2.05, 4.69) is 76.7 Å². The molecule has 0 bridgehead atoms. The standard InChI is InChI=1S/C20H23N5O/c1-15-7-6-8-16(2)18(15)25-20(21-22-23-25)19(17-9-4-3-5-10-17)24-11-13-26-14-12-24/h3-10,19H,11-14H2,1-2H3. The van der Waals surface area contributed by atoms with E-state index in [1.54, 1.807) is 0 Å². The Balaban J connectivity index is 1.84. The zero-order chi connectivity index (χ0) is 17.9. The Morgan fingerprint density at radius 2 is 1.62 bits per heavy atom. The number of benzene rings is 2. The second kappa shape index (κ2) is 7.35. The minimum Gasteiger partial charge on any atom is -0.379 e. The molecule has 1 unspecified atom stereocenters. The van der Waals surface area contributed by atoms with Gasteiger partial charge in [-0.05, 0) is 41.0 Å². The lowest BCUT2D eigenvalue weighted by Crippen LogP contribution is -2.40. The van der Waals surface area contributed by atoms with Gasteiger partial charge >= 0.3 is 0 Å². The molecule has 2 aromatic carbocycles. The number of rotatable bonds is 4. The van der Waals surface area contributed by atoms with Crippen LogP contribution in [-0.4, -0.2) is 51.4 Å². The first kappa shape index (κ1) is 16.9. The second-order valence-electron chi connectivity index (χ2n) is 6.65. The quantitative estimate of drug-likeness (QED) is 0.725. The maximum atomic E-state index is 5.56. The minimum absolute atomic E-state index is 0.00546. The van der Waals surface area contributed by atoms with E-state index in [1.165, 1.54) is 5.56 Å². The van der Waals surface area contributed by atoms with Gasteiger partial charge in [0.2, 0.25) is 0 Å². The molecule has 134 valence electrons. The predicted molar refractivity (Wildman–Crippen MR) is 99.3 cm³/mol. The zero-order valence-corrected chi connectivity index (χ0v) is 15.2. The molecular weight excluding hydrogens is 326 g/mol. The van der Waals surface area contributed by atoms with E-state index in [4.69, 9.17) is 4.74 Å². The molecule has 1 atom stereocenters. The molecule has 1 aromatic heterocycles. The van der Waals surface area contributed by atoms with Gasteiger partial charge in [-0.25, -0.2) is 0 Å². The van der Waals surface area contributed by atoms with E-state index in [1.807, 2.05) is 10.7 Å². The van der Waals surface area contributed by atoms with E-state index >= 15 is 0 Å². The van der Waals surface area contributed by atoms with Crippen molar-refractivity contribution < 1.29 is 4.74 Å². The second-order valence-corrected chi connectivity index (χ2v) is 6.65. The first-order chi connectivity index (χ1) is 12.8. The number of hydrogen-bond donors (Lipinski definition) is 0. The van der Waals surface area contributed by atoms with E-state index in [0.29, 0.717) is 0 Å². The van der Waals surface area contributed by atoms with Crippen LogP contribution in [-0.2, 0) is 4.74 Å². The van der Waals surface area contributed by atoms with Crippen LogP contribution in [0.4, 0.5) is 0 Å². The summed E-state index contributed by atoms with van der Waals surface area (Å²) < 4.78 is 7.46. The van der Waals surface area contributed by atoms with Gasteiger partial charge in [0.15, 0.2) is 5.82 Å². The molecule has 1 aliphatic rings. The number of morpholine rings is 1. The number of aryl methyl sites for hydroxylation is 2. The maximum Gasteiger partial charge on any atom is 0.178 e. The van der Waals surface area contributed by atoms with Crippen molar-refractivity contribution in [2.75, 3.05) is 26.3 Å². The Hall–Kier alpha value is -2.57. The van der Waals surface area contributed by atoms with Crippen LogP contribution in [0.25, 0.3) is 5.69 Å². The molecule has 1 saturated heterocycles. The summed E-state index contributed by atoms with van der Waals surface area (Å²) in [4.78, 5) is 2.40. The molecule has 6 heteroatoms. The molecule has 0 aliphatic carbocycles. The van der Waals surface area contributed by atoms with Crippen LogP contribution in [0.3, 0.4) is 0 Å². The van der Waals surface area contributed by atoms with Gasteiger partial charge in [0.25, 0.3) is 0 Å². The van der Waals surface area contributed by atoms with Gasteiger partial charge in [-0.3, -0.25) is 4.90 Å². The number of tetrazole rings is 1. The van der Waals surface area contributed by atoms with Crippen molar-refractivity contribution in [2.24, 2.45) is 0 Å². The third-order valence-corrected chi connectivity index (χ3v) is 4.92. The Labute approximate surface area is 153 Å². The molecule has 0 amide bonds. The Morgan fingerprint density at radius 1 is 0.923 bits per heavy atom. The summed E-state index contributed by atoms with van der Waals surface area (Å²) >= 11 is 0. The fraction of sp³-hybridized carbons (Fsp3) is 0.350. The third-order valence-electron chi connectivity index (χ3n) is 4.92. The average molecular weight is 349 g/mol. The van der Waals surface area contributed by atoms with E-state index in [-0.39, 0.29) is 6.04 Å². The molecule has 0 spiro atoms. The van der Waals surface area contributed by atoms with E-state index in [9.17, 15) is 0 Å². The first-order valence-electron chi connectivity index (χ1n) is 8.97. The van der Waals surface area contributed by atoms with Gasteiger partial charge in [0.1, 0.15) is 0 Å². The molecular formula is C20H23N5O. The number of aromatic nitrogens is 4. The summed E-state index contributed by atoms with van der Waals surface area (Å²) in [5, 5.41) is 12.8. The van der Waals surface area contributed by atoms with Gasteiger partial charge in [0, 0.05) is 13.1 Å². The van der Waals surface area contributed by atoms with Gasteiger partial charge in [-0.15, -0.1) is 5.10 Å². The van der Waals surface area contributed by atoms with Crippen molar-refractivity contribution >= 4 is 0 Å². The average Bonchev–Trinajstić information content (AvgIpc) is 3.12. The van der Waals surface area contributed by atoms with Crippen LogP contribution >= 0.6 is 0 Å². The van der Waals surface area contributed by atoms with Gasteiger partial charge in [-0.1, -0.05) is 48.5 Å². The summed E-state index contributed by atoms with van der Waals surface area (Å²) in [6.07, 6.45) is 0. The molecule has 1 fully saturated rings. The SMILES string of the molecule is Cc1cccc(C)c1-n1nnnc1C(c1ccccc1)N1CCOCC1. The van der Waals surface area contributed by atoms with Crippen molar-refractivity contribution in [3.8, 4) is 5.69 Å². The summed E-state index contributed by atoms with van der Waals surface area (Å²) in [6.45, 7) is 7.38. The lowest BCUT2D eigenvalue weighted by molar-refractivity contribution is 0.0220. The van der Waals surface area contributed by atoms with Gasteiger partial charge in [0.05, 0.1) is 24.9 Å². The highest BCUT2D eigenvalue weighted by Gasteiger charge is 2.30. The van der Waals surface area contributed by atoms with Crippen LogP contribution in [0.2, 0.25) is 0 Å². The van der Waals surface area contributed by atoms with Crippen molar-refractivity contribution in [1.29, 1.82) is 0 Å². The predicted octanol–water partition coefficient (Wildman–Crippen LogP) is 2.70. The molecule has 0 saturated carbocycles. The monoisotopic (exact) mass is 349 g/mol. The molecule has 3 aromatic rings. The third kappa shape index (κ3) is 3.13. The normalized spacial score (nSPS) is 16.5. The summed E-state index contributed by atoms with van der Waals surface area (Å²) in [5.41, 5.74) is 4.57. The minimum atomic E-state index is -0.00546. The molecule has 0 N–H and O–H groups in total. The number of para-hydroxylation sites is 1. The topological polar surface area (TPSA) is 56.1 Å². The highest BCUT2D eigenvalue weighted by Crippen LogP contribution is 2.30. The molecule has 4 rings (SSSR count). The van der Waals surface area contributed by atoms with Crippen LogP contribution in [0, 0.1) is 13.8 Å². The van der Waals surface area contributed by atoms with Crippen molar-refractivity contribution in [3.63, 3.8) is 0 Å². The zero-order valence-electron chi connectivity index (χ0n) is 15.2. The summed E-state index contributed by atoms with van der Waals surface area (Å²) in [6, 6.07) is 16.7. The fourth-order valence-corrected chi connectivity index (χ4v) is 3.66. The number of ether oxygens (including phenoxy) is 1. The van der Waals surface area contributed by atoms with E-state index < -0.39 is 0 Å². The highest BCUT2D eigenvalue weighted by molar-refractivity contribution is 5.47. The summed E-state index contributed by atoms with van der Waals surface area (Å²) in [5.74, 6) is 0.843. The lowest BCUT2D eigenvalue weighted by atomic mass is 10.0. The van der Waals surface area contributed by atoms with Crippen molar-refractivity contribution in [1.82, 2.24) is 25.1 Å². The molecule has 2 heterocycles. The fourth-order valence-electron chi connectivity index (χ4n) is 3.66. The smallest absolute Gasteiger partial charge is 0.178 e. The van der Waals surface area contributed by atoms with Crippen molar-refractivity contribution in [2.45, 2.75) is 19.9 Å². The molecule has 6 nitrogen and oxygen atoms in total. The van der Waals surface area contributed by atoms with Crippen molar-refractivity contribution in [3.05, 3.63) is 71.0 Å². The first-order valence-corrected chi connectivity index (χ1v) is 8.97. The Morgan fingerprint density at radius 3 is 2.31 bits per heavy atom. The van der Waals surface area contributed by atoms with Crippen LogP contribution < -0.4 is 0 Å². The van der Waals surface area contributed by atoms with Gasteiger partial charge in [-0.2, -0.15) is 4.68 Å². The Bertz CT molecular complexity index is 851. The summed E-state index contributed by atoms with van der Waals surface area (Å²) in [7, 11) is 0. The van der Waals surface area contributed by atoms with E-state index in [0.717, 1.165) is 48.9 Å². The Kier molecular flexibility index (Phi) is 4.77. The van der Waals surface area contributed by atoms with Crippen LogP contribution in [0.15, 0.2) is 48.5 Å². The largest absolute Gasteiger partial charge is 0.379 e. The number of nitrogens with zero attached hydrogens (tertiary/aromatic N) is 5. The molecule has 26 heavy (non-hydrogen) atoms. The number of hydrogen-bond acceptors (Lipinski definition) is 5. The van der Waals surface area contributed by atoms with Crippen LogP contribution in [0.1, 0.15) is 28.6 Å². The van der Waals surface area contributed by atoms with Gasteiger partial charge < -0.3 is 4.74 Å². The molecule has 0 radical (unpaired) electrons. The highest BCUT2D eigenvalue weighted by atomic mass is 16.5. The lowest BCUT2D eigenvalue weighted by Gasteiger charge is -2.34.